The summed E-state index contributed by atoms with van der Waals surface area (Å²) in [7, 11) is 0. The first-order valence-corrected chi connectivity index (χ1v) is 8.50. The highest BCUT2D eigenvalue weighted by Crippen LogP contribution is 2.43. The van der Waals surface area contributed by atoms with Gasteiger partial charge in [-0.3, -0.25) is 4.31 Å². The monoisotopic (exact) mass is 333 g/mol. The molecule has 98 valence electrons. The summed E-state index contributed by atoms with van der Waals surface area (Å²) in [6.45, 7) is 0. The second-order valence-corrected chi connectivity index (χ2v) is 6.70. The van der Waals surface area contributed by atoms with Gasteiger partial charge in [0, 0.05) is 10.6 Å². The topological polar surface area (TPSA) is 3.24 Å². The highest BCUT2D eigenvalue weighted by Gasteiger charge is 2.25. The molecule has 0 amide bonds. The lowest BCUT2D eigenvalue weighted by Crippen LogP contribution is -2.23. The average molecular weight is 334 g/mol. The maximum atomic E-state index is 3.57. The van der Waals surface area contributed by atoms with Crippen molar-refractivity contribution >= 4 is 39.3 Å². The number of nitrogens with zero attached hydrogens (tertiary/aromatic N) is 1. The highest BCUT2D eigenvalue weighted by atomic mass is 79.9. The number of halogens is 1. The fraction of sp³-hybridized carbons (Fsp3) is 0.250. The van der Waals surface area contributed by atoms with Crippen LogP contribution in [0.5, 0.6) is 0 Å². The number of anilines is 2. The normalized spacial score (nSPS) is 18.2. The molecule has 3 heteroatoms. The second kappa shape index (κ2) is 6.02. The lowest BCUT2D eigenvalue weighted by Gasteiger charge is -2.34. The summed E-state index contributed by atoms with van der Waals surface area (Å²) in [5, 5.41) is 1.71. The Kier molecular flexibility index (Phi) is 4.14. The molecule has 1 aliphatic heterocycles. The number of benzene rings is 2. The standard InChI is InChI=1S/C16H16BrNS/c17-11-10-15-12-13-6-4-5-9-16(13)18(19-15)14-7-2-1-3-8-14/h1-9,15H,10-12H2. The van der Waals surface area contributed by atoms with E-state index in [0.29, 0.717) is 5.25 Å². The Labute approximate surface area is 127 Å². The van der Waals surface area contributed by atoms with Crippen LogP contribution in [0.1, 0.15) is 12.0 Å². The van der Waals surface area contributed by atoms with Gasteiger partial charge in [0.05, 0.1) is 11.4 Å². The van der Waals surface area contributed by atoms with Gasteiger partial charge in [0.2, 0.25) is 0 Å². The summed E-state index contributed by atoms with van der Waals surface area (Å²) in [5.74, 6) is 0. The van der Waals surface area contributed by atoms with Gasteiger partial charge >= 0.3 is 0 Å². The second-order valence-electron chi connectivity index (χ2n) is 4.67. The lowest BCUT2D eigenvalue weighted by molar-refractivity contribution is 0.817. The van der Waals surface area contributed by atoms with Crippen LogP contribution in [0.25, 0.3) is 0 Å². The largest absolute Gasteiger partial charge is 0.284 e. The molecule has 0 aliphatic carbocycles. The molecule has 1 nitrogen and oxygen atoms in total. The Morgan fingerprint density at radius 2 is 1.79 bits per heavy atom. The van der Waals surface area contributed by atoms with Crippen molar-refractivity contribution in [2.24, 2.45) is 0 Å². The molecule has 1 aliphatic rings. The van der Waals surface area contributed by atoms with E-state index in [0.717, 1.165) is 11.8 Å². The van der Waals surface area contributed by atoms with Crippen molar-refractivity contribution in [1.82, 2.24) is 0 Å². The van der Waals surface area contributed by atoms with Gasteiger partial charge in [0.1, 0.15) is 0 Å². The Morgan fingerprint density at radius 1 is 1.05 bits per heavy atom. The van der Waals surface area contributed by atoms with E-state index in [-0.39, 0.29) is 0 Å². The van der Waals surface area contributed by atoms with Gasteiger partial charge in [0.15, 0.2) is 0 Å². The molecule has 2 aromatic rings. The van der Waals surface area contributed by atoms with Gasteiger partial charge < -0.3 is 0 Å². The molecule has 0 aromatic heterocycles. The first kappa shape index (κ1) is 13.1. The molecule has 0 radical (unpaired) electrons. The zero-order valence-corrected chi connectivity index (χ0v) is 13.0. The Hall–Kier alpha value is -0.930. The fourth-order valence-corrected chi connectivity index (χ4v) is 4.58. The summed E-state index contributed by atoms with van der Waals surface area (Å²) in [6, 6.07) is 19.4. The minimum atomic E-state index is 0.648. The number of hydrogen-bond donors (Lipinski definition) is 0. The summed E-state index contributed by atoms with van der Waals surface area (Å²) in [4.78, 5) is 0. The third-order valence-electron chi connectivity index (χ3n) is 3.33. The molecule has 1 heterocycles. The number of hydrogen-bond acceptors (Lipinski definition) is 2. The van der Waals surface area contributed by atoms with Crippen LogP contribution in [0.2, 0.25) is 0 Å². The number of rotatable bonds is 3. The van der Waals surface area contributed by atoms with Crippen LogP contribution in [-0.2, 0) is 6.42 Å². The van der Waals surface area contributed by atoms with Crippen LogP contribution in [0.4, 0.5) is 11.4 Å². The van der Waals surface area contributed by atoms with E-state index < -0.39 is 0 Å². The van der Waals surface area contributed by atoms with E-state index in [1.165, 1.54) is 23.4 Å². The van der Waals surface area contributed by atoms with Gasteiger partial charge in [-0.2, -0.15) is 0 Å². The summed E-state index contributed by atoms with van der Waals surface area (Å²) < 4.78 is 2.38. The van der Waals surface area contributed by atoms with Gasteiger partial charge in [-0.1, -0.05) is 52.3 Å². The van der Waals surface area contributed by atoms with Crippen LogP contribution in [0.3, 0.4) is 0 Å². The zero-order chi connectivity index (χ0) is 13.1. The maximum Gasteiger partial charge on any atom is 0.0557 e. The molecular weight excluding hydrogens is 318 g/mol. The lowest BCUT2D eigenvalue weighted by atomic mass is 10.1. The SMILES string of the molecule is BrCCC1Cc2ccccc2N(c2ccccc2)S1. The van der Waals surface area contributed by atoms with Crippen molar-refractivity contribution in [3.8, 4) is 0 Å². The van der Waals surface area contributed by atoms with E-state index in [1.54, 1.807) is 0 Å². The molecule has 0 saturated heterocycles. The van der Waals surface area contributed by atoms with Gasteiger partial charge in [-0.25, -0.2) is 0 Å². The van der Waals surface area contributed by atoms with Crippen LogP contribution >= 0.6 is 27.9 Å². The molecule has 0 saturated carbocycles. The average Bonchev–Trinajstić information content (AvgIpc) is 2.48. The predicted molar refractivity (Wildman–Crippen MR) is 88.5 cm³/mol. The quantitative estimate of drug-likeness (QED) is 0.562. The molecule has 19 heavy (non-hydrogen) atoms. The van der Waals surface area contributed by atoms with Crippen molar-refractivity contribution in [2.45, 2.75) is 18.1 Å². The molecule has 0 spiro atoms. The summed E-state index contributed by atoms with van der Waals surface area (Å²) in [5.41, 5.74) is 4.06. The smallest absolute Gasteiger partial charge is 0.0557 e. The van der Waals surface area contributed by atoms with Crippen molar-refractivity contribution in [3.05, 3.63) is 60.2 Å². The fourth-order valence-electron chi connectivity index (χ4n) is 2.41. The number of para-hydroxylation sites is 2. The first-order chi connectivity index (χ1) is 9.38. The van der Waals surface area contributed by atoms with E-state index in [9.17, 15) is 0 Å². The van der Waals surface area contributed by atoms with Crippen molar-refractivity contribution in [3.63, 3.8) is 0 Å². The van der Waals surface area contributed by atoms with Gasteiger partial charge in [0.25, 0.3) is 0 Å². The number of alkyl halides is 1. The third kappa shape index (κ3) is 2.82. The van der Waals surface area contributed by atoms with Crippen LogP contribution in [0.15, 0.2) is 54.6 Å². The van der Waals surface area contributed by atoms with E-state index in [2.05, 4.69) is 74.8 Å². The molecule has 0 fully saturated rings. The molecule has 3 rings (SSSR count). The van der Waals surface area contributed by atoms with Crippen LogP contribution in [-0.4, -0.2) is 10.6 Å². The van der Waals surface area contributed by atoms with Crippen LogP contribution in [0, 0.1) is 0 Å². The van der Waals surface area contributed by atoms with Gasteiger partial charge in [-0.05, 0) is 48.6 Å². The highest BCUT2D eigenvalue weighted by molar-refractivity contribution is 9.09. The molecule has 1 unspecified atom stereocenters. The molecule has 0 N–H and O–H groups in total. The van der Waals surface area contributed by atoms with E-state index >= 15 is 0 Å². The maximum absolute atomic E-state index is 3.57. The zero-order valence-electron chi connectivity index (χ0n) is 10.6. The number of fused-ring (bicyclic) bond motifs is 1. The Morgan fingerprint density at radius 3 is 2.58 bits per heavy atom. The minimum absolute atomic E-state index is 0.648. The molecule has 1 atom stereocenters. The van der Waals surface area contributed by atoms with Crippen molar-refractivity contribution in [2.75, 3.05) is 9.64 Å². The summed E-state index contributed by atoms with van der Waals surface area (Å²) >= 11 is 5.52. The van der Waals surface area contributed by atoms with Crippen molar-refractivity contribution in [1.29, 1.82) is 0 Å². The molecule has 2 aromatic carbocycles. The molecular formula is C16H16BrNS. The van der Waals surface area contributed by atoms with E-state index in [4.69, 9.17) is 0 Å². The third-order valence-corrected chi connectivity index (χ3v) is 5.11. The Bertz CT molecular complexity index is 543. The van der Waals surface area contributed by atoms with Crippen molar-refractivity contribution < 1.29 is 0 Å². The van der Waals surface area contributed by atoms with Gasteiger partial charge in [-0.15, -0.1) is 0 Å². The summed E-state index contributed by atoms with van der Waals surface area (Å²) in [6.07, 6.45) is 2.36. The molecule has 0 bridgehead atoms. The minimum Gasteiger partial charge on any atom is -0.284 e. The first-order valence-electron chi connectivity index (χ1n) is 6.54. The Balaban J connectivity index is 1.98. The van der Waals surface area contributed by atoms with E-state index in [1.807, 2.05) is 11.9 Å². The predicted octanol–water partition coefficient (Wildman–Crippen LogP) is 5.18. The van der Waals surface area contributed by atoms with Crippen LogP contribution < -0.4 is 4.31 Å².